The van der Waals surface area contributed by atoms with E-state index < -0.39 is 5.97 Å². The summed E-state index contributed by atoms with van der Waals surface area (Å²) in [5.41, 5.74) is 0.764. The second-order valence-electron chi connectivity index (χ2n) is 7.56. The first kappa shape index (κ1) is 21.7. The molecule has 0 radical (unpaired) electrons. The molecule has 2 N–H and O–H groups in total. The van der Waals surface area contributed by atoms with Crippen molar-refractivity contribution >= 4 is 35.0 Å². The Labute approximate surface area is 170 Å². The normalized spacial score (nSPS) is 11.0. The minimum Gasteiger partial charge on any atom is -0.478 e. The van der Waals surface area contributed by atoms with Crippen molar-refractivity contribution in [1.29, 1.82) is 0 Å². The van der Waals surface area contributed by atoms with E-state index >= 15 is 0 Å². The number of halogens is 1. The first-order chi connectivity index (χ1) is 13.2. The quantitative estimate of drug-likeness (QED) is 0.661. The summed E-state index contributed by atoms with van der Waals surface area (Å²) in [5.74, 6) is -0.349. The van der Waals surface area contributed by atoms with Gasteiger partial charge in [-0.25, -0.2) is 9.78 Å². The Morgan fingerprint density at radius 1 is 1.14 bits per heavy atom. The third-order valence-electron chi connectivity index (χ3n) is 3.91. The summed E-state index contributed by atoms with van der Waals surface area (Å²) in [7, 11) is 0. The Bertz CT molecular complexity index is 843. The van der Waals surface area contributed by atoms with Crippen molar-refractivity contribution in [3.8, 4) is 0 Å². The van der Waals surface area contributed by atoms with Crippen LogP contribution in [0.4, 0.5) is 11.5 Å². The van der Waals surface area contributed by atoms with Gasteiger partial charge in [0.25, 0.3) is 5.91 Å². The van der Waals surface area contributed by atoms with Gasteiger partial charge in [0.1, 0.15) is 11.4 Å². The Hall–Kier alpha value is -2.60. The average molecular weight is 404 g/mol. The van der Waals surface area contributed by atoms with Crippen molar-refractivity contribution in [1.82, 2.24) is 4.98 Å². The third kappa shape index (κ3) is 5.96. The molecular weight excluding hydrogens is 378 g/mol. The lowest BCUT2D eigenvalue weighted by Gasteiger charge is -2.28. The fraction of sp³-hybridized carbons (Fsp3) is 0.381. The fourth-order valence-electron chi connectivity index (χ4n) is 2.90. The Morgan fingerprint density at radius 2 is 1.79 bits per heavy atom. The lowest BCUT2D eigenvalue weighted by atomic mass is 10.1. The lowest BCUT2D eigenvalue weighted by Crippen LogP contribution is -2.33. The maximum Gasteiger partial charge on any atom is 0.339 e. The predicted molar refractivity (Wildman–Crippen MR) is 112 cm³/mol. The molecule has 0 spiro atoms. The second-order valence-corrected chi connectivity index (χ2v) is 7.99. The molecule has 0 unspecified atom stereocenters. The van der Waals surface area contributed by atoms with Gasteiger partial charge >= 0.3 is 5.97 Å². The summed E-state index contributed by atoms with van der Waals surface area (Å²) in [6.45, 7) is 9.70. The first-order valence-corrected chi connectivity index (χ1v) is 9.60. The molecule has 1 amide bonds. The molecule has 1 aromatic carbocycles. The summed E-state index contributed by atoms with van der Waals surface area (Å²) in [6, 6.07) is 7.98. The molecule has 2 aromatic rings. The summed E-state index contributed by atoms with van der Waals surface area (Å²) >= 11 is 5.92. The number of rotatable bonds is 8. The number of anilines is 2. The van der Waals surface area contributed by atoms with Crippen LogP contribution in [0.2, 0.25) is 5.02 Å². The lowest BCUT2D eigenvalue weighted by molar-refractivity contribution is 0.0696. The molecule has 1 aromatic heterocycles. The Morgan fingerprint density at radius 3 is 2.32 bits per heavy atom. The molecule has 0 aliphatic heterocycles. The molecule has 1 heterocycles. The van der Waals surface area contributed by atoms with E-state index in [1.54, 1.807) is 24.3 Å². The van der Waals surface area contributed by atoms with E-state index in [9.17, 15) is 14.7 Å². The molecule has 0 bridgehead atoms. The maximum absolute atomic E-state index is 12.4. The molecule has 28 heavy (non-hydrogen) atoms. The Kier molecular flexibility index (Phi) is 7.40. The Balaban J connectivity index is 2.33. The van der Waals surface area contributed by atoms with Gasteiger partial charge < -0.3 is 15.3 Å². The van der Waals surface area contributed by atoms with E-state index in [0.717, 1.165) is 0 Å². The number of carboxylic acid groups (broad SMARTS) is 1. The van der Waals surface area contributed by atoms with Crippen molar-refractivity contribution < 1.29 is 14.7 Å². The molecule has 0 atom stereocenters. The van der Waals surface area contributed by atoms with Crippen LogP contribution >= 0.6 is 11.6 Å². The zero-order chi connectivity index (χ0) is 20.8. The molecule has 2 rings (SSSR count). The van der Waals surface area contributed by atoms with Crippen LogP contribution in [0.25, 0.3) is 0 Å². The highest BCUT2D eigenvalue weighted by Gasteiger charge is 2.21. The van der Waals surface area contributed by atoms with Gasteiger partial charge in [0.2, 0.25) is 0 Å². The molecule has 0 saturated heterocycles. The van der Waals surface area contributed by atoms with E-state index in [-0.39, 0.29) is 11.5 Å². The number of aromatic nitrogens is 1. The maximum atomic E-state index is 12.4. The van der Waals surface area contributed by atoms with Crippen LogP contribution in [0.15, 0.2) is 36.5 Å². The average Bonchev–Trinajstić information content (AvgIpc) is 2.60. The number of amides is 1. The monoisotopic (exact) mass is 403 g/mol. The van der Waals surface area contributed by atoms with Crippen molar-refractivity contribution in [2.45, 2.75) is 27.7 Å². The van der Waals surface area contributed by atoms with Gasteiger partial charge in [-0.3, -0.25) is 4.79 Å². The summed E-state index contributed by atoms with van der Waals surface area (Å²) in [6.07, 6.45) is 1.48. The van der Waals surface area contributed by atoms with Gasteiger partial charge in [-0.05, 0) is 36.1 Å². The van der Waals surface area contributed by atoms with E-state index in [2.05, 4.69) is 38.0 Å². The van der Waals surface area contributed by atoms with Gasteiger partial charge in [-0.15, -0.1) is 0 Å². The summed E-state index contributed by atoms with van der Waals surface area (Å²) in [4.78, 5) is 30.6. The van der Waals surface area contributed by atoms with Gasteiger partial charge in [-0.2, -0.15) is 0 Å². The van der Waals surface area contributed by atoms with Crippen LogP contribution in [0, 0.1) is 11.8 Å². The van der Waals surface area contributed by atoms with Gasteiger partial charge in [0.05, 0.1) is 11.9 Å². The van der Waals surface area contributed by atoms with Crippen molar-refractivity contribution in [2.24, 2.45) is 11.8 Å². The van der Waals surface area contributed by atoms with Crippen LogP contribution < -0.4 is 10.2 Å². The van der Waals surface area contributed by atoms with Crippen molar-refractivity contribution in [3.05, 3.63) is 52.7 Å². The van der Waals surface area contributed by atoms with Crippen molar-refractivity contribution in [2.75, 3.05) is 23.3 Å². The standard InChI is InChI=1S/C21H26ClN3O3/c1-13(2)11-25(12-14(3)4)19-18(21(27)28)9-17(10-23-19)24-20(26)15-6-5-7-16(22)8-15/h5-10,13-14H,11-12H2,1-4H3,(H,24,26)(H,27,28). The molecule has 0 saturated carbocycles. The molecule has 0 aliphatic rings. The van der Waals surface area contributed by atoms with Crippen LogP contribution in [-0.2, 0) is 0 Å². The van der Waals surface area contributed by atoms with E-state index in [1.165, 1.54) is 12.3 Å². The van der Waals surface area contributed by atoms with E-state index in [1.807, 2.05) is 4.90 Å². The second kappa shape index (κ2) is 9.55. The zero-order valence-electron chi connectivity index (χ0n) is 16.6. The molecule has 150 valence electrons. The largest absolute Gasteiger partial charge is 0.478 e. The van der Waals surface area contributed by atoms with Crippen LogP contribution in [0.1, 0.15) is 48.4 Å². The topological polar surface area (TPSA) is 82.5 Å². The minimum atomic E-state index is -1.08. The fourth-order valence-corrected chi connectivity index (χ4v) is 3.09. The predicted octanol–water partition coefficient (Wildman–Crippen LogP) is 4.80. The van der Waals surface area contributed by atoms with E-state index in [4.69, 9.17) is 11.6 Å². The number of benzene rings is 1. The minimum absolute atomic E-state index is 0.0604. The number of pyridine rings is 1. The third-order valence-corrected chi connectivity index (χ3v) is 4.15. The summed E-state index contributed by atoms with van der Waals surface area (Å²) in [5, 5.41) is 12.8. The number of nitrogens with one attached hydrogen (secondary N) is 1. The number of carbonyl (C=O) groups excluding carboxylic acids is 1. The highest BCUT2D eigenvalue weighted by Crippen LogP contribution is 2.24. The number of carbonyl (C=O) groups is 2. The number of nitrogens with zero attached hydrogens (tertiary/aromatic N) is 2. The van der Waals surface area contributed by atoms with Crippen LogP contribution in [0.3, 0.4) is 0 Å². The van der Waals surface area contributed by atoms with Gasteiger partial charge in [-0.1, -0.05) is 45.4 Å². The number of hydrogen-bond donors (Lipinski definition) is 2. The SMILES string of the molecule is CC(C)CN(CC(C)C)c1ncc(NC(=O)c2cccc(Cl)c2)cc1C(=O)O. The molecule has 0 fully saturated rings. The zero-order valence-corrected chi connectivity index (χ0v) is 17.3. The highest BCUT2D eigenvalue weighted by atomic mass is 35.5. The molecule has 0 aliphatic carbocycles. The molecular formula is C21H26ClN3O3. The number of aromatic carboxylic acids is 1. The van der Waals surface area contributed by atoms with Gasteiger partial charge in [0, 0.05) is 23.7 Å². The molecule has 7 heteroatoms. The number of carboxylic acids is 1. The van der Waals surface area contributed by atoms with Crippen molar-refractivity contribution in [3.63, 3.8) is 0 Å². The molecule has 6 nitrogen and oxygen atoms in total. The smallest absolute Gasteiger partial charge is 0.339 e. The number of hydrogen-bond acceptors (Lipinski definition) is 4. The van der Waals surface area contributed by atoms with Crippen LogP contribution in [0.5, 0.6) is 0 Å². The summed E-state index contributed by atoms with van der Waals surface area (Å²) < 4.78 is 0. The van der Waals surface area contributed by atoms with Gasteiger partial charge in [0.15, 0.2) is 0 Å². The highest BCUT2D eigenvalue weighted by molar-refractivity contribution is 6.31. The first-order valence-electron chi connectivity index (χ1n) is 9.22. The van der Waals surface area contributed by atoms with E-state index in [0.29, 0.717) is 47.0 Å². The van der Waals surface area contributed by atoms with Crippen LogP contribution in [-0.4, -0.2) is 35.1 Å².